The van der Waals surface area contributed by atoms with Crippen molar-refractivity contribution >= 4 is 29.5 Å². The number of piperidine rings is 1. The standard InChI is InChI=1S/C21H25N5O4S/c1-29-19(28)15-3-4-16(23-13-15)18(27)25-9-6-21(7-10-25)14-26(11-12-30-21)17-5-8-22-20(24-17)31-2/h3-5,8,13H,6-7,9-12,14H2,1-2H3. The number of ether oxygens (including phenoxy) is 2. The summed E-state index contributed by atoms with van der Waals surface area (Å²) in [6.07, 6.45) is 6.61. The average molecular weight is 444 g/mol. The molecular formula is C21H25N5O4S. The zero-order valence-electron chi connectivity index (χ0n) is 17.6. The molecule has 9 nitrogen and oxygen atoms in total. The highest BCUT2D eigenvalue weighted by Crippen LogP contribution is 2.32. The Morgan fingerprint density at radius 2 is 1.97 bits per heavy atom. The first-order chi connectivity index (χ1) is 15.0. The molecule has 1 spiro atoms. The number of aromatic nitrogens is 3. The third kappa shape index (κ3) is 4.64. The molecular weight excluding hydrogens is 418 g/mol. The number of carbonyl (C=O) groups excluding carboxylic acids is 2. The maximum absolute atomic E-state index is 12.9. The van der Waals surface area contributed by atoms with Crippen LogP contribution in [-0.4, -0.2) is 83.5 Å². The molecule has 2 aromatic heterocycles. The molecule has 0 N–H and O–H groups in total. The van der Waals surface area contributed by atoms with Crippen molar-refractivity contribution in [1.82, 2.24) is 19.9 Å². The van der Waals surface area contributed by atoms with Gasteiger partial charge in [0.15, 0.2) is 5.16 Å². The van der Waals surface area contributed by atoms with Gasteiger partial charge in [-0.2, -0.15) is 0 Å². The average Bonchev–Trinajstić information content (AvgIpc) is 2.84. The minimum atomic E-state index is -0.473. The van der Waals surface area contributed by atoms with Gasteiger partial charge in [-0.1, -0.05) is 11.8 Å². The van der Waals surface area contributed by atoms with Crippen LogP contribution in [0.3, 0.4) is 0 Å². The smallest absolute Gasteiger partial charge is 0.339 e. The third-order valence-electron chi connectivity index (χ3n) is 5.74. The minimum Gasteiger partial charge on any atom is -0.465 e. The van der Waals surface area contributed by atoms with Gasteiger partial charge in [-0.3, -0.25) is 9.78 Å². The Morgan fingerprint density at radius 3 is 2.65 bits per heavy atom. The third-order valence-corrected chi connectivity index (χ3v) is 6.30. The van der Waals surface area contributed by atoms with E-state index < -0.39 is 5.97 Å². The Balaban J connectivity index is 1.39. The zero-order chi connectivity index (χ0) is 21.8. The predicted molar refractivity (Wildman–Crippen MR) is 115 cm³/mol. The second-order valence-electron chi connectivity index (χ2n) is 7.57. The Kier molecular flexibility index (Phi) is 6.38. The lowest BCUT2D eigenvalue weighted by Crippen LogP contribution is -2.57. The summed E-state index contributed by atoms with van der Waals surface area (Å²) in [5, 5.41) is 0.754. The number of nitrogens with zero attached hydrogens (tertiary/aromatic N) is 5. The lowest BCUT2D eigenvalue weighted by Gasteiger charge is -2.47. The van der Waals surface area contributed by atoms with E-state index in [0.717, 1.165) is 36.9 Å². The monoisotopic (exact) mass is 443 g/mol. The number of esters is 1. The molecule has 0 unspecified atom stereocenters. The van der Waals surface area contributed by atoms with E-state index in [1.54, 1.807) is 23.2 Å². The number of pyridine rings is 1. The quantitative estimate of drug-likeness (QED) is 0.398. The van der Waals surface area contributed by atoms with E-state index in [2.05, 4.69) is 24.6 Å². The van der Waals surface area contributed by atoms with Gasteiger partial charge >= 0.3 is 5.97 Å². The van der Waals surface area contributed by atoms with Crippen molar-refractivity contribution in [2.24, 2.45) is 0 Å². The van der Waals surface area contributed by atoms with Crippen LogP contribution in [0.2, 0.25) is 0 Å². The van der Waals surface area contributed by atoms with Crippen molar-refractivity contribution in [3.05, 3.63) is 41.9 Å². The fraction of sp³-hybridized carbons (Fsp3) is 0.476. The highest BCUT2D eigenvalue weighted by molar-refractivity contribution is 7.98. The van der Waals surface area contributed by atoms with Gasteiger partial charge in [0, 0.05) is 38.6 Å². The van der Waals surface area contributed by atoms with E-state index in [4.69, 9.17) is 4.74 Å². The molecule has 1 amide bonds. The van der Waals surface area contributed by atoms with Gasteiger partial charge in [-0.15, -0.1) is 0 Å². The Hall–Kier alpha value is -2.72. The van der Waals surface area contributed by atoms with Gasteiger partial charge in [0.25, 0.3) is 5.91 Å². The predicted octanol–water partition coefficient (Wildman–Crippen LogP) is 1.89. The molecule has 0 radical (unpaired) electrons. The molecule has 2 aliphatic rings. The van der Waals surface area contributed by atoms with Gasteiger partial charge in [-0.25, -0.2) is 14.8 Å². The second-order valence-corrected chi connectivity index (χ2v) is 8.34. The molecule has 0 aromatic carbocycles. The van der Waals surface area contributed by atoms with E-state index in [0.29, 0.717) is 31.0 Å². The van der Waals surface area contributed by atoms with E-state index >= 15 is 0 Å². The maximum Gasteiger partial charge on any atom is 0.339 e. The summed E-state index contributed by atoms with van der Waals surface area (Å²) in [5.41, 5.74) is 0.351. The highest BCUT2D eigenvalue weighted by atomic mass is 32.2. The van der Waals surface area contributed by atoms with Gasteiger partial charge < -0.3 is 19.3 Å². The number of thioether (sulfide) groups is 1. The van der Waals surface area contributed by atoms with Gasteiger partial charge in [-0.05, 0) is 37.3 Å². The normalized spacial score (nSPS) is 18.1. The molecule has 0 aliphatic carbocycles. The Bertz CT molecular complexity index is 947. The minimum absolute atomic E-state index is 0.139. The molecule has 31 heavy (non-hydrogen) atoms. The van der Waals surface area contributed by atoms with Crippen molar-refractivity contribution in [2.75, 3.05) is 51.1 Å². The number of hydrogen-bond donors (Lipinski definition) is 0. The molecule has 2 fully saturated rings. The summed E-state index contributed by atoms with van der Waals surface area (Å²) in [6.45, 7) is 3.33. The van der Waals surface area contributed by atoms with Crippen LogP contribution >= 0.6 is 11.8 Å². The lowest BCUT2D eigenvalue weighted by atomic mass is 9.89. The number of carbonyl (C=O) groups is 2. The van der Waals surface area contributed by atoms with E-state index in [1.165, 1.54) is 25.1 Å². The number of hydrogen-bond acceptors (Lipinski definition) is 9. The fourth-order valence-electron chi connectivity index (χ4n) is 3.99. The van der Waals surface area contributed by atoms with Crippen molar-refractivity contribution in [1.29, 1.82) is 0 Å². The first-order valence-corrected chi connectivity index (χ1v) is 11.4. The van der Waals surface area contributed by atoms with Crippen molar-refractivity contribution in [2.45, 2.75) is 23.6 Å². The largest absolute Gasteiger partial charge is 0.465 e. The topological polar surface area (TPSA) is 97.8 Å². The molecule has 4 heterocycles. The number of anilines is 1. The van der Waals surface area contributed by atoms with Crippen LogP contribution in [0, 0.1) is 0 Å². The van der Waals surface area contributed by atoms with E-state index in [9.17, 15) is 9.59 Å². The molecule has 0 saturated carbocycles. The van der Waals surface area contributed by atoms with E-state index in [1.807, 2.05) is 12.3 Å². The van der Waals surface area contributed by atoms with Crippen LogP contribution in [0.4, 0.5) is 5.82 Å². The molecule has 164 valence electrons. The number of amides is 1. The molecule has 4 rings (SSSR count). The first kappa shape index (κ1) is 21.5. The number of morpholine rings is 1. The summed E-state index contributed by atoms with van der Waals surface area (Å²) >= 11 is 1.52. The zero-order valence-corrected chi connectivity index (χ0v) is 18.4. The van der Waals surface area contributed by atoms with Crippen molar-refractivity contribution < 1.29 is 19.1 Å². The summed E-state index contributed by atoms with van der Waals surface area (Å²) in [4.78, 5) is 41.5. The van der Waals surface area contributed by atoms with Crippen LogP contribution < -0.4 is 4.90 Å². The van der Waals surface area contributed by atoms with Crippen LogP contribution in [-0.2, 0) is 9.47 Å². The van der Waals surface area contributed by atoms with Crippen LogP contribution in [0.5, 0.6) is 0 Å². The lowest BCUT2D eigenvalue weighted by molar-refractivity contribution is -0.0871. The number of methoxy groups -OCH3 is 1. The molecule has 2 saturated heterocycles. The number of rotatable bonds is 4. The Morgan fingerprint density at radius 1 is 1.16 bits per heavy atom. The molecule has 0 atom stereocenters. The fourth-order valence-corrected chi connectivity index (χ4v) is 4.34. The van der Waals surface area contributed by atoms with Gasteiger partial charge in [0.2, 0.25) is 0 Å². The molecule has 10 heteroatoms. The van der Waals surface area contributed by atoms with Crippen molar-refractivity contribution in [3.63, 3.8) is 0 Å². The summed E-state index contributed by atoms with van der Waals surface area (Å²) < 4.78 is 10.9. The van der Waals surface area contributed by atoms with Crippen LogP contribution in [0.15, 0.2) is 35.7 Å². The summed E-state index contributed by atoms with van der Waals surface area (Å²) in [6, 6.07) is 5.06. The second kappa shape index (κ2) is 9.19. The molecule has 2 aliphatic heterocycles. The Labute approximate surface area is 185 Å². The van der Waals surface area contributed by atoms with Gasteiger partial charge in [0.05, 0.1) is 24.9 Å². The van der Waals surface area contributed by atoms with Crippen LogP contribution in [0.25, 0.3) is 0 Å². The van der Waals surface area contributed by atoms with E-state index in [-0.39, 0.29) is 11.5 Å². The highest BCUT2D eigenvalue weighted by Gasteiger charge is 2.41. The maximum atomic E-state index is 12.9. The van der Waals surface area contributed by atoms with Gasteiger partial charge in [0.1, 0.15) is 11.5 Å². The summed E-state index contributed by atoms with van der Waals surface area (Å²) in [7, 11) is 1.31. The molecule has 0 bridgehead atoms. The number of likely N-dealkylation sites (tertiary alicyclic amines) is 1. The van der Waals surface area contributed by atoms with Crippen molar-refractivity contribution in [3.8, 4) is 0 Å². The first-order valence-electron chi connectivity index (χ1n) is 10.1. The SMILES string of the molecule is COC(=O)c1ccc(C(=O)N2CCC3(CC2)CN(c2ccnc(SC)n2)CCO3)nc1. The van der Waals surface area contributed by atoms with Crippen LogP contribution in [0.1, 0.15) is 33.7 Å². The molecule has 2 aromatic rings. The summed E-state index contributed by atoms with van der Waals surface area (Å²) in [5.74, 6) is 0.300.